The van der Waals surface area contributed by atoms with Gasteiger partial charge in [0.05, 0.1) is 6.54 Å². The number of hydrogen-bond donors (Lipinski definition) is 1. The minimum atomic E-state index is 0.106. The molecule has 5 heteroatoms. The van der Waals surface area contributed by atoms with E-state index in [4.69, 9.17) is 4.52 Å². The van der Waals surface area contributed by atoms with Crippen LogP contribution in [0, 0.1) is 12.8 Å². The fraction of sp³-hybridized carbons (Fsp3) is 0.438. The van der Waals surface area contributed by atoms with E-state index in [1.165, 1.54) is 0 Å². The molecule has 21 heavy (non-hydrogen) atoms. The van der Waals surface area contributed by atoms with E-state index in [0.717, 1.165) is 36.8 Å². The first kappa shape index (κ1) is 13.8. The van der Waals surface area contributed by atoms with Crippen molar-refractivity contribution in [2.24, 2.45) is 5.92 Å². The molecule has 1 heterocycles. The van der Waals surface area contributed by atoms with Gasteiger partial charge in [-0.1, -0.05) is 35.7 Å². The van der Waals surface area contributed by atoms with Gasteiger partial charge in [0.25, 0.3) is 5.89 Å². The fourth-order valence-electron chi connectivity index (χ4n) is 2.72. The minimum absolute atomic E-state index is 0.106. The molecule has 3 rings (SSSR count). The van der Waals surface area contributed by atoms with Crippen molar-refractivity contribution in [3.63, 3.8) is 0 Å². The highest BCUT2D eigenvalue weighted by molar-refractivity contribution is 5.78. The second kappa shape index (κ2) is 6.08. The average molecular weight is 285 g/mol. The molecule has 1 N–H and O–H groups in total. The summed E-state index contributed by atoms with van der Waals surface area (Å²) in [4.78, 5) is 16.3. The van der Waals surface area contributed by atoms with E-state index < -0.39 is 0 Å². The first-order valence-corrected chi connectivity index (χ1v) is 7.40. The Morgan fingerprint density at radius 1 is 1.38 bits per heavy atom. The van der Waals surface area contributed by atoms with Crippen molar-refractivity contribution in [1.29, 1.82) is 0 Å². The van der Waals surface area contributed by atoms with Crippen molar-refractivity contribution in [2.75, 3.05) is 0 Å². The molecular weight excluding hydrogens is 266 g/mol. The number of aromatic nitrogens is 2. The van der Waals surface area contributed by atoms with Crippen molar-refractivity contribution < 1.29 is 9.32 Å². The standard InChI is InChI=1S/C16H19N3O2/c1-11-5-4-8-13(9-11)16-18-14(19-21-16)10-17-15(20)12-6-2-3-7-12/h4-5,8-9,12H,2-3,6-7,10H2,1H3,(H,17,20). The Bertz CT molecular complexity index is 630. The molecule has 1 aliphatic rings. The van der Waals surface area contributed by atoms with Gasteiger partial charge in [0, 0.05) is 11.5 Å². The zero-order valence-electron chi connectivity index (χ0n) is 12.1. The molecule has 1 aromatic carbocycles. The van der Waals surface area contributed by atoms with Crippen LogP contribution in [-0.4, -0.2) is 16.0 Å². The Morgan fingerprint density at radius 2 is 2.19 bits per heavy atom. The van der Waals surface area contributed by atoms with Crippen LogP contribution < -0.4 is 5.32 Å². The molecule has 0 radical (unpaired) electrons. The number of rotatable bonds is 4. The predicted molar refractivity (Wildman–Crippen MR) is 78.3 cm³/mol. The van der Waals surface area contributed by atoms with Gasteiger partial charge in [0.15, 0.2) is 5.82 Å². The Labute approximate surface area is 123 Å². The maximum absolute atomic E-state index is 11.9. The number of hydrogen-bond acceptors (Lipinski definition) is 4. The molecule has 0 bridgehead atoms. The molecule has 0 unspecified atom stereocenters. The zero-order chi connectivity index (χ0) is 14.7. The van der Waals surface area contributed by atoms with Crippen LogP contribution in [0.2, 0.25) is 0 Å². The van der Waals surface area contributed by atoms with E-state index in [1.807, 2.05) is 31.2 Å². The highest BCUT2D eigenvalue weighted by Crippen LogP contribution is 2.24. The second-order valence-corrected chi connectivity index (χ2v) is 5.58. The summed E-state index contributed by atoms with van der Waals surface area (Å²) in [5.41, 5.74) is 2.04. The summed E-state index contributed by atoms with van der Waals surface area (Å²) >= 11 is 0. The van der Waals surface area contributed by atoms with E-state index in [9.17, 15) is 4.79 Å². The van der Waals surface area contributed by atoms with Crippen molar-refractivity contribution in [2.45, 2.75) is 39.2 Å². The molecule has 0 aliphatic heterocycles. The topological polar surface area (TPSA) is 68.0 Å². The van der Waals surface area contributed by atoms with Crippen LogP contribution >= 0.6 is 0 Å². The first-order chi connectivity index (χ1) is 10.2. The maximum atomic E-state index is 11.9. The molecule has 1 aromatic heterocycles. The molecule has 1 saturated carbocycles. The Morgan fingerprint density at radius 3 is 2.95 bits per heavy atom. The van der Waals surface area contributed by atoms with Crippen LogP contribution in [0.5, 0.6) is 0 Å². The van der Waals surface area contributed by atoms with Gasteiger partial charge in [-0.3, -0.25) is 4.79 Å². The van der Waals surface area contributed by atoms with E-state index >= 15 is 0 Å². The third-order valence-corrected chi connectivity index (χ3v) is 3.88. The van der Waals surface area contributed by atoms with Gasteiger partial charge < -0.3 is 9.84 Å². The Hall–Kier alpha value is -2.17. The zero-order valence-corrected chi connectivity index (χ0v) is 12.1. The van der Waals surface area contributed by atoms with Gasteiger partial charge in [0.1, 0.15) is 0 Å². The monoisotopic (exact) mass is 285 g/mol. The molecule has 0 atom stereocenters. The lowest BCUT2D eigenvalue weighted by Crippen LogP contribution is -2.29. The molecule has 0 spiro atoms. The normalized spacial score (nSPS) is 15.3. The van der Waals surface area contributed by atoms with Crippen molar-refractivity contribution >= 4 is 5.91 Å². The van der Waals surface area contributed by atoms with Gasteiger partial charge in [-0.15, -0.1) is 0 Å². The summed E-state index contributed by atoms with van der Waals surface area (Å²) < 4.78 is 5.25. The van der Waals surface area contributed by atoms with Gasteiger partial charge >= 0.3 is 0 Å². The number of carbonyl (C=O) groups excluding carboxylic acids is 1. The quantitative estimate of drug-likeness (QED) is 0.938. The SMILES string of the molecule is Cc1cccc(-c2nc(CNC(=O)C3CCCC3)no2)c1. The molecule has 1 fully saturated rings. The molecule has 5 nitrogen and oxygen atoms in total. The number of benzene rings is 1. The summed E-state index contributed by atoms with van der Waals surface area (Å²) in [6.07, 6.45) is 4.29. The smallest absolute Gasteiger partial charge is 0.257 e. The first-order valence-electron chi connectivity index (χ1n) is 7.40. The Balaban J connectivity index is 1.61. The molecular formula is C16H19N3O2. The van der Waals surface area contributed by atoms with Gasteiger partial charge in [-0.2, -0.15) is 4.98 Å². The van der Waals surface area contributed by atoms with E-state index in [1.54, 1.807) is 0 Å². The maximum Gasteiger partial charge on any atom is 0.257 e. The summed E-state index contributed by atoms with van der Waals surface area (Å²) in [5, 5.41) is 6.81. The van der Waals surface area contributed by atoms with Crippen molar-refractivity contribution in [1.82, 2.24) is 15.5 Å². The Kier molecular flexibility index (Phi) is 3.99. The third kappa shape index (κ3) is 3.29. The largest absolute Gasteiger partial charge is 0.348 e. The van der Waals surface area contributed by atoms with Gasteiger partial charge in [-0.05, 0) is 31.9 Å². The number of carbonyl (C=O) groups is 1. The van der Waals surface area contributed by atoms with Crippen LogP contribution in [0.1, 0.15) is 37.1 Å². The van der Waals surface area contributed by atoms with Crippen molar-refractivity contribution in [3.8, 4) is 11.5 Å². The predicted octanol–water partition coefficient (Wildman–Crippen LogP) is 2.85. The highest BCUT2D eigenvalue weighted by atomic mass is 16.5. The number of nitrogens with zero attached hydrogens (tertiary/aromatic N) is 2. The highest BCUT2D eigenvalue weighted by Gasteiger charge is 2.22. The van der Waals surface area contributed by atoms with Crippen LogP contribution in [0.4, 0.5) is 0 Å². The minimum Gasteiger partial charge on any atom is -0.348 e. The van der Waals surface area contributed by atoms with Crippen LogP contribution in [0.15, 0.2) is 28.8 Å². The third-order valence-electron chi connectivity index (χ3n) is 3.88. The van der Waals surface area contributed by atoms with E-state index in [2.05, 4.69) is 15.5 Å². The lowest BCUT2D eigenvalue weighted by atomic mass is 10.1. The summed E-state index contributed by atoms with van der Waals surface area (Å²) in [6.45, 7) is 2.34. The molecule has 1 amide bonds. The van der Waals surface area contributed by atoms with Crippen LogP contribution in [0.25, 0.3) is 11.5 Å². The summed E-state index contributed by atoms with van der Waals surface area (Å²) in [6, 6.07) is 7.90. The number of aryl methyl sites for hydroxylation is 1. The fourth-order valence-corrected chi connectivity index (χ4v) is 2.72. The van der Waals surface area contributed by atoms with Gasteiger partial charge in [0.2, 0.25) is 5.91 Å². The molecule has 1 aliphatic carbocycles. The molecule has 2 aromatic rings. The number of amides is 1. The molecule has 110 valence electrons. The molecule has 0 saturated heterocycles. The summed E-state index contributed by atoms with van der Waals surface area (Å²) in [7, 11) is 0. The van der Waals surface area contributed by atoms with Crippen LogP contribution in [-0.2, 0) is 11.3 Å². The van der Waals surface area contributed by atoms with E-state index in [-0.39, 0.29) is 11.8 Å². The lowest BCUT2D eigenvalue weighted by molar-refractivity contribution is -0.125. The number of nitrogens with one attached hydrogen (secondary N) is 1. The lowest BCUT2D eigenvalue weighted by Gasteiger charge is -2.07. The summed E-state index contributed by atoms with van der Waals surface area (Å²) in [5.74, 6) is 1.27. The van der Waals surface area contributed by atoms with Crippen LogP contribution in [0.3, 0.4) is 0 Å². The van der Waals surface area contributed by atoms with Crippen molar-refractivity contribution in [3.05, 3.63) is 35.7 Å². The van der Waals surface area contributed by atoms with E-state index in [0.29, 0.717) is 18.3 Å². The average Bonchev–Trinajstić information content (AvgIpc) is 3.16. The van der Waals surface area contributed by atoms with Gasteiger partial charge in [-0.25, -0.2) is 0 Å². The second-order valence-electron chi connectivity index (χ2n) is 5.58.